The number of hydrogen-bond acceptors (Lipinski definition) is 3. The molecule has 5 nitrogen and oxygen atoms in total. The molecule has 106 valence electrons. The van der Waals surface area contributed by atoms with E-state index in [4.69, 9.17) is 16.3 Å². The molecule has 0 aliphatic carbocycles. The van der Waals surface area contributed by atoms with E-state index in [-0.39, 0.29) is 16.1 Å². The lowest BCUT2D eigenvalue weighted by atomic mass is 10.1. The molecule has 0 fully saturated rings. The van der Waals surface area contributed by atoms with Gasteiger partial charge in [-0.15, -0.1) is 0 Å². The molecule has 0 unspecified atom stereocenters. The highest BCUT2D eigenvalue weighted by molar-refractivity contribution is 6.35. The van der Waals surface area contributed by atoms with E-state index < -0.39 is 17.7 Å². The number of fused-ring (bicyclic) bond motifs is 1. The summed E-state index contributed by atoms with van der Waals surface area (Å²) in [5, 5.41) is 9.96. The molecule has 1 heterocycles. The van der Waals surface area contributed by atoms with Crippen molar-refractivity contribution in [3.8, 4) is 0 Å². The maximum absolute atomic E-state index is 12.1. The number of nitrogens with zero attached hydrogens (tertiary/aromatic N) is 1. The number of aromatic carboxylic acids is 1. The van der Waals surface area contributed by atoms with Gasteiger partial charge in [0.05, 0.1) is 10.5 Å². The molecular weight excluding hydrogens is 282 g/mol. The summed E-state index contributed by atoms with van der Waals surface area (Å²) in [6, 6.07) is 4.79. The van der Waals surface area contributed by atoms with Gasteiger partial charge in [0.1, 0.15) is 11.2 Å². The van der Waals surface area contributed by atoms with E-state index in [2.05, 4.69) is 0 Å². The Balaban J connectivity index is 2.64. The van der Waals surface area contributed by atoms with Crippen LogP contribution in [0.1, 0.15) is 31.1 Å². The Bertz CT molecular complexity index is 697. The zero-order valence-electron chi connectivity index (χ0n) is 11.3. The van der Waals surface area contributed by atoms with E-state index in [1.807, 2.05) is 0 Å². The van der Waals surface area contributed by atoms with Gasteiger partial charge in [-0.3, -0.25) is 4.57 Å². The molecule has 0 radical (unpaired) electrons. The van der Waals surface area contributed by atoms with Crippen molar-refractivity contribution in [2.24, 2.45) is 0 Å². The Morgan fingerprint density at radius 1 is 1.25 bits per heavy atom. The highest BCUT2D eigenvalue weighted by atomic mass is 35.5. The van der Waals surface area contributed by atoms with Gasteiger partial charge in [-0.25, -0.2) is 9.59 Å². The molecule has 0 saturated heterocycles. The molecule has 0 bridgehead atoms. The highest BCUT2D eigenvalue weighted by Gasteiger charge is 2.23. The average Bonchev–Trinajstić information content (AvgIpc) is 2.69. The van der Waals surface area contributed by atoms with Crippen LogP contribution in [-0.2, 0) is 4.74 Å². The fourth-order valence-electron chi connectivity index (χ4n) is 1.87. The van der Waals surface area contributed by atoms with Crippen molar-refractivity contribution in [1.82, 2.24) is 4.57 Å². The van der Waals surface area contributed by atoms with Gasteiger partial charge >= 0.3 is 12.1 Å². The second-order valence-electron chi connectivity index (χ2n) is 5.33. The molecular formula is C14H14ClNO4. The number of hydrogen-bond donors (Lipinski definition) is 1. The third kappa shape index (κ3) is 2.63. The Labute approximate surface area is 120 Å². The zero-order valence-corrected chi connectivity index (χ0v) is 12.1. The standard InChI is InChI=1S/C14H14ClNO4/c1-14(2,3)20-13(19)16-7-6-8-4-5-9(15)10(11(8)16)12(17)18/h4-7H,1-3H3,(H,17,18). The van der Waals surface area contributed by atoms with Crippen molar-refractivity contribution in [1.29, 1.82) is 0 Å². The predicted octanol–water partition coefficient (Wildman–Crippen LogP) is 3.78. The van der Waals surface area contributed by atoms with E-state index >= 15 is 0 Å². The number of benzene rings is 1. The molecule has 0 saturated carbocycles. The van der Waals surface area contributed by atoms with Crippen molar-refractivity contribution < 1.29 is 19.4 Å². The number of halogens is 1. The minimum Gasteiger partial charge on any atom is -0.478 e. The highest BCUT2D eigenvalue weighted by Crippen LogP contribution is 2.28. The fraction of sp³-hybridized carbons (Fsp3) is 0.286. The molecule has 0 spiro atoms. The van der Waals surface area contributed by atoms with Crippen LogP contribution in [0, 0.1) is 0 Å². The molecule has 2 aromatic rings. The summed E-state index contributed by atoms with van der Waals surface area (Å²) in [7, 11) is 0. The molecule has 1 aromatic carbocycles. The minimum atomic E-state index is -1.19. The van der Waals surface area contributed by atoms with Crippen LogP contribution in [0.5, 0.6) is 0 Å². The predicted molar refractivity (Wildman–Crippen MR) is 75.5 cm³/mol. The van der Waals surface area contributed by atoms with Gasteiger partial charge in [0.25, 0.3) is 0 Å². The summed E-state index contributed by atoms with van der Waals surface area (Å²) >= 11 is 5.92. The minimum absolute atomic E-state index is 0.0773. The first-order chi connectivity index (χ1) is 9.20. The van der Waals surface area contributed by atoms with E-state index in [9.17, 15) is 14.7 Å². The van der Waals surface area contributed by atoms with E-state index in [1.54, 1.807) is 32.9 Å². The van der Waals surface area contributed by atoms with Gasteiger partial charge in [0.2, 0.25) is 0 Å². The molecule has 20 heavy (non-hydrogen) atoms. The number of carboxylic acids is 1. The monoisotopic (exact) mass is 295 g/mol. The summed E-state index contributed by atoms with van der Waals surface area (Å²) < 4.78 is 6.42. The van der Waals surface area contributed by atoms with Crippen LogP contribution in [0.4, 0.5) is 4.79 Å². The first-order valence-electron chi connectivity index (χ1n) is 5.97. The lowest BCUT2D eigenvalue weighted by molar-refractivity contribution is 0.0544. The van der Waals surface area contributed by atoms with Crippen molar-refractivity contribution in [2.75, 3.05) is 0 Å². The van der Waals surface area contributed by atoms with Crippen LogP contribution in [0.15, 0.2) is 24.4 Å². The fourth-order valence-corrected chi connectivity index (χ4v) is 2.11. The van der Waals surface area contributed by atoms with Gasteiger partial charge in [-0.2, -0.15) is 0 Å². The van der Waals surface area contributed by atoms with Crippen LogP contribution in [0.2, 0.25) is 5.02 Å². The zero-order chi connectivity index (χ0) is 15.1. The van der Waals surface area contributed by atoms with Crippen LogP contribution in [0.3, 0.4) is 0 Å². The molecule has 6 heteroatoms. The summed E-state index contributed by atoms with van der Waals surface area (Å²) in [4.78, 5) is 23.5. The van der Waals surface area contributed by atoms with Crippen molar-refractivity contribution in [2.45, 2.75) is 26.4 Å². The third-order valence-electron chi connectivity index (χ3n) is 2.61. The van der Waals surface area contributed by atoms with Crippen molar-refractivity contribution in [3.63, 3.8) is 0 Å². The van der Waals surface area contributed by atoms with Gasteiger partial charge in [0, 0.05) is 11.6 Å². The number of carbonyl (C=O) groups is 2. The maximum atomic E-state index is 12.1. The number of carbonyl (C=O) groups excluding carboxylic acids is 1. The largest absolute Gasteiger partial charge is 0.478 e. The number of carboxylic acid groups (broad SMARTS) is 1. The number of aromatic nitrogens is 1. The smallest absolute Gasteiger partial charge is 0.419 e. The molecule has 0 aliphatic heterocycles. The summed E-state index contributed by atoms with van der Waals surface area (Å²) in [5.74, 6) is -1.19. The second-order valence-corrected chi connectivity index (χ2v) is 5.74. The van der Waals surface area contributed by atoms with Gasteiger partial charge in [-0.05, 0) is 32.9 Å². The number of ether oxygens (including phenoxy) is 1. The normalized spacial score (nSPS) is 11.6. The number of rotatable bonds is 1. The van der Waals surface area contributed by atoms with Gasteiger partial charge in [-0.1, -0.05) is 17.7 Å². The summed E-state index contributed by atoms with van der Waals surface area (Å²) in [6.45, 7) is 5.21. The Hall–Kier alpha value is -2.01. The Kier molecular flexibility index (Phi) is 3.48. The molecule has 1 aromatic heterocycles. The first-order valence-corrected chi connectivity index (χ1v) is 6.35. The van der Waals surface area contributed by atoms with Crippen LogP contribution < -0.4 is 0 Å². The molecule has 1 N–H and O–H groups in total. The topological polar surface area (TPSA) is 68.5 Å². The lowest BCUT2D eigenvalue weighted by Crippen LogP contribution is -2.27. The Morgan fingerprint density at radius 3 is 2.45 bits per heavy atom. The molecule has 0 amide bonds. The van der Waals surface area contributed by atoms with Gasteiger partial charge in [0.15, 0.2) is 0 Å². The molecule has 2 rings (SSSR count). The maximum Gasteiger partial charge on any atom is 0.419 e. The average molecular weight is 296 g/mol. The summed E-state index contributed by atoms with van der Waals surface area (Å²) in [5.41, 5.74) is -0.547. The van der Waals surface area contributed by atoms with Crippen LogP contribution in [-0.4, -0.2) is 27.3 Å². The van der Waals surface area contributed by atoms with E-state index in [0.29, 0.717) is 5.39 Å². The third-order valence-corrected chi connectivity index (χ3v) is 2.92. The van der Waals surface area contributed by atoms with E-state index in [1.165, 1.54) is 12.3 Å². The van der Waals surface area contributed by atoms with Crippen LogP contribution in [0.25, 0.3) is 10.9 Å². The van der Waals surface area contributed by atoms with Crippen molar-refractivity contribution in [3.05, 3.63) is 35.0 Å². The first kappa shape index (κ1) is 14.4. The van der Waals surface area contributed by atoms with Gasteiger partial charge < -0.3 is 9.84 Å². The SMILES string of the molecule is CC(C)(C)OC(=O)n1ccc2ccc(Cl)c(C(=O)O)c21. The second kappa shape index (κ2) is 4.83. The lowest BCUT2D eigenvalue weighted by Gasteiger charge is -2.20. The van der Waals surface area contributed by atoms with Crippen molar-refractivity contribution >= 4 is 34.6 Å². The molecule has 0 atom stereocenters. The molecule has 0 aliphatic rings. The van der Waals surface area contributed by atoms with E-state index in [0.717, 1.165) is 4.57 Å². The van der Waals surface area contributed by atoms with Crippen LogP contribution >= 0.6 is 11.6 Å². The Morgan fingerprint density at radius 2 is 1.90 bits per heavy atom. The summed E-state index contributed by atoms with van der Waals surface area (Å²) in [6.07, 6.45) is 0.832. The quantitative estimate of drug-likeness (QED) is 0.869.